The Hall–Kier alpha value is -2.18. The molecule has 1 spiro atoms. The summed E-state index contributed by atoms with van der Waals surface area (Å²) in [5.41, 5.74) is 0.907. The fourth-order valence-electron chi connectivity index (χ4n) is 3.15. The molecule has 1 aliphatic carbocycles. The fourth-order valence-corrected chi connectivity index (χ4v) is 3.15. The average Bonchev–Trinajstić information content (AvgIpc) is 3.20. The number of carbonyl (C=O) groups is 2. The Kier molecular flexibility index (Phi) is 3.48. The standard InChI is InChI=1S/C14H18N4O3/c19-12(17-8-10-6-15-9-16-7-10)11-5-14(11)1-3-18(4-2-14)13(20)21/h6-7,9,11H,1-5,8H2,(H,17,19)(H,20,21). The smallest absolute Gasteiger partial charge is 0.407 e. The van der Waals surface area contributed by atoms with Crippen LogP contribution in [0.3, 0.4) is 0 Å². The normalized spacial score (nSPS) is 22.9. The van der Waals surface area contributed by atoms with Gasteiger partial charge < -0.3 is 15.3 Å². The van der Waals surface area contributed by atoms with E-state index in [1.807, 2.05) is 0 Å². The summed E-state index contributed by atoms with van der Waals surface area (Å²) in [4.78, 5) is 32.3. The lowest BCUT2D eigenvalue weighted by Gasteiger charge is -2.30. The maximum Gasteiger partial charge on any atom is 0.407 e. The molecule has 1 saturated heterocycles. The molecule has 2 aliphatic rings. The topological polar surface area (TPSA) is 95.4 Å². The molecule has 7 heteroatoms. The number of carboxylic acid groups (broad SMARTS) is 1. The highest BCUT2D eigenvalue weighted by Gasteiger charge is 2.58. The molecule has 1 aromatic rings. The van der Waals surface area contributed by atoms with Gasteiger partial charge in [0.1, 0.15) is 6.33 Å². The van der Waals surface area contributed by atoms with Gasteiger partial charge in [-0.15, -0.1) is 0 Å². The first-order chi connectivity index (χ1) is 10.1. The van der Waals surface area contributed by atoms with E-state index in [4.69, 9.17) is 5.11 Å². The average molecular weight is 290 g/mol. The molecule has 0 aromatic carbocycles. The van der Waals surface area contributed by atoms with Crippen LogP contribution in [0, 0.1) is 11.3 Å². The molecule has 7 nitrogen and oxygen atoms in total. The molecular formula is C14H18N4O3. The number of carbonyl (C=O) groups excluding carboxylic acids is 1. The van der Waals surface area contributed by atoms with Crippen molar-refractivity contribution in [2.45, 2.75) is 25.8 Å². The molecule has 1 unspecified atom stereocenters. The number of rotatable bonds is 3. The third kappa shape index (κ3) is 2.81. The summed E-state index contributed by atoms with van der Waals surface area (Å²) >= 11 is 0. The summed E-state index contributed by atoms with van der Waals surface area (Å²) in [5.74, 6) is 0.0840. The zero-order valence-electron chi connectivity index (χ0n) is 11.7. The Morgan fingerprint density at radius 3 is 2.62 bits per heavy atom. The molecule has 2 N–H and O–H groups in total. The Morgan fingerprint density at radius 2 is 2.00 bits per heavy atom. The molecule has 1 aliphatic heterocycles. The Morgan fingerprint density at radius 1 is 1.33 bits per heavy atom. The van der Waals surface area contributed by atoms with Crippen molar-refractivity contribution in [3.63, 3.8) is 0 Å². The van der Waals surface area contributed by atoms with Gasteiger partial charge in [0.25, 0.3) is 0 Å². The molecule has 21 heavy (non-hydrogen) atoms. The van der Waals surface area contributed by atoms with Crippen LogP contribution in [0.2, 0.25) is 0 Å². The Balaban J connectivity index is 1.49. The summed E-state index contributed by atoms with van der Waals surface area (Å²) in [5, 5.41) is 11.9. The van der Waals surface area contributed by atoms with Crippen molar-refractivity contribution in [3.05, 3.63) is 24.3 Å². The van der Waals surface area contributed by atoms with Crippen LogP contribution < -0.4 is 5.32 Å². The van der Waals surface area contributed by atoms with E-state index in [0.717, 1.165) is 24.8 Å². The third-order valence-electron chi connectivity index (χ3n) is 4.62. The zero-order valence-corrected chi connectivity index (χ0v) is 11.7. The molecule has 2 fully saturated rings. The van der Waals surface area contributed by atoms with Crippen LogP contribution in [-0.4, -0.2) is 45.1 Å². The van der Waals surface area contributed by atoms with Crippen LogP contribution in [0.1, 0.15) is 24.8 Å². The molecule has 2 heterocycles. The van der Waals surface area contributed by atoms with E-state index in [2.05, 4.69) is 15.3 Å². The SMILES string of the molecule is O=C(NCc1cncnc1)C1CC12CCN(C(=O)O)CC2. The fraction of sp³-hybridized carbons (Fsp3) is 0.571. The minimum atomic E-state index is -0.865. The molecule has 112 valence electrons. The minimum absolute atomic E-state index is 0.0260. The van der Waals surface area contributed by atoms with Crippen LogP contribution >= 0.6 is 0 Å². The van der Waals surface area contributed by atoms with Crippen molar-refractivity contribution >= 4 is 12.0 Å². The van der Waals surface area contributed by atoms with Crippen molar-refractivity contribution in [2.75, 3.05) is 13.1 Å². The zero-order chi connectivity index (χ0) is 14.9. The van der Waals surface area contributed by atoms with Gasteiger partial charge in [0.05, 0.1) is 0 Å². The lowest BCUT2D eigenvalue weighted by atomic mass is 9.91. The molecule has 1 aromatic heterocycles. The lowest BCUT2D eigenvalue weighted by molar-refractivity contribution is -0.123. The number of hydrogen-bond acceptors (Lipinski definition) is 4. The van der Waals surface area contributed by atoms with Crippen molar-refractivity contribution < 1.29 is 14.7 Å². The summed E-state index contributed by atoms with van der Waals surface area (Å²) < 4.78 is 0. The number of nitrogens with one attached hydrogen (secondary N) is 1. The van der Waals surface area contributed by atoms with Gasteiger partial charge in [-0.05, 0) is 24.7 Å². The second-order valence-corrected chi connectivity index (χ2v) is 5.85. The van der Waals surface area contributed by atoms with E-state index < -0.39 is 6.09 Å². The maximum atomic E-state index is 12.2. The summed E-state index contributed by atoms with van der Waals surface area (Å²) in [6, 6.07) is 0. The predicted molar refractivity (Wildman–Crippen MR) is 73.3 cm³/mol. The van der Waals surface area contributed by atoms with Gasteiger partial charge in [-0.25, -0.2) is 14.8 Å². The largest absolute Gasteiger partial charge is 0.465 e. The number of likely N-dealkylation sites (tertiary alicyclic amines) is 1. The van der Waals surface area contributed by atoms with Crippen LogP contribution in [0.25, 0.3) is 0 Å². The number of aromatic nitrogens is 2. The van der Waals surface area contributed by atoms with Gasteiger partial charge >= 0.3 is 6.09 Å². The second-order valence-electron chi connectivity index (χ2n) is 5.85. The summed E-state index contributed by atoms with van der Waals surface area (Å²) in [6.07, 6.45) is 6.39. The lowest BCUT2D eigenvalue weighted by Crippen LogP contribution is -2.39. The predicted octanol–water partition coefficient (Wildman–Crippen LogP) is 0.873. The van der Waals surface area contributed by atoms with Gasteiger partial charge in [-0.2, -0.15) is 0 Å². The van der Waals surface area contributed by atoms with Crippen LogP contribution in [0.15, 0.2) is 18.7 Å². The van der Waals surface area contributed by atoms with Gasteiger partial charge in [0.15, 0.2) is 0 Å². The second kappa shape index (κ2) is 5.31. The molecule has 3 rings (SSSR count). The quantitative estimate of drug-likeness (QED) is 0.861. The van der Waals surface area contributed by atoms with Crippen LogP contribution in [0.4, 0.5) is 4.79 Å². The maximum absolute atomic E-state index is 12.2. The number of amides is 2. The first kappa shape index (κ1) is 13.8. The van der Waals surface area contributed by atoms with E-state index in [9.17, 15) is 9.59 Å². The van der Waals surface area contributed by atoms with E-state index in [1.165, 1.54) is 11.2 Å². The number of hydrogen-bond donors (Lipinski definition) is 2. The Labute approximate surface area is 122 Å². The number of piperidine rings is 1. The van der Waals surface area contributed by atoms with Gasteiger partial charge in [0, 0.05) is 43.5 Å². The molecule has 0 radical (unpaired) electrons. The minimum Gasteiger partial charge on any atom is -0.465 e. The molecule has 0 bridgehead atoms. The first-order valence-corrected chi connectivity index (χ1v) is 7.10. The van der Waals surface area contributed by atoms with Crippen LogP contribution in [-0.2, 0) is 11.3 Å². The van der Waals surface area contributed by atoms with Gasteiger partial charge in [-0.1, -0.05) is 0 Å². The molecular weight excluding hydrogens is 272 g/mol. The van der Waals surface area contributed by atoms with E-state index in [-0.39, 0.29) is 17.2 Å². The van der Waals surface area contributed by atoms with E-state index in [0.29, 0.717) is 19.6 Å². The van der Waals surface area contributed by atoms with Gasteiger partial charge in [0.2, 0.25) is 5.91 Å². The van der Waals surface area contributed by atoms with E-state index in [1.54, 1.807) is 12.4 Å². The van der Waals surface area contributed by atoms with Crippen molar-refractivity contribution in [3.8, 4) is 0 Å². The molecule has 1 saturated carbocycles. The Bertz CT molecular complexity index is 540. The van der Waals surface area contributed by atoms with Crippen molar-refractivity contribution in [1.29, 1.82) is 0 Å². The van der Waals surface area contributed by atoms with Crippen molar-refractivity contribution in [1.82, 2.24) is 20.2 Å². The summed E-state index contributed by atoms with van der Waals surface area (Å²) in [7, 11) is 0. The van der Waals surface area contributed by atoms with Gasteiger partial charge in [-0.3, -0.25) is 4.79 Å². The number of nitrogens with zero attached hydrogens (tertiary/aromatic N) is 3. The highest BCUT2D eigenvalue weighted by atomic mass is 16.4. The molecule has 2 amide bonds. The third-order valence-corrected chi connectivity index (χ3v) is 4.62. The van der Waals surface area contributed by atoms with Crippen molar-refractivity contribution in [2.24, 2.45) is 11.3 Å². The highest BCUT2D eigenvalue weighted by molar-refractivity contribution is 5.82. The first-order valence-electron chi connectivity index (χ1n) is 7.10. The monoisotopic (exact) mass is 290 g/mol. The van der Waals surface area contributed by atoms with E-state index >= 15 is 0 Å². The van der Waals surface area contributed by atoms with Crippen LogP contribution in [0.5, 0.6) is 0 Å². The summed E-state index contributed by atoms with van der Waals surface area (Å²) in [6.45, 7) is 1.50. The molecule has 1 atom stereocenters. The highest BCUT2D eigenvalue weighted by Crippen LogP contribution is 2.59.